The summed E-state index contributed by atoms with van der Waals surface area (Å²) in [4.78, 5) is 29.5. The maximum absolute atomic E-state index is 13.4. The highest BCUT2D eigenvalue weighted by Gasteiger charge is 2.29. The first-order chi connectivity index (χ1) is 14.8. The maximum atomic E-state index is 13.4. The third-order valence-electron chi connectivity index (χ3n) is 5.61. The number of aryl methyl sites for hydroxylation is 1. The molecule has 2 aromatic rings. The Morgan fingerprint density at radius 3 is 2.35 bits per heavy atom. The Morgan fingerprint density at radius 2 is 1.77 bits per heavy atom. The van der Waals surface area contributed by atoms with Crippen molar-refractivity contribution in [3.05, 3.63) is 59.5 Å². The highest BCUT2D eigenvalue weighted by atomic mass is 16.5. The average Bonchev–Trinajstić information content (AvgIpc) is 3.19. The van der Waals surface area contributed by atoms with E-state index in [-0.39, 0.29) is 24.5 Å². The van der Waals surface area contributed by atoms with Crippen LogP contribution in [0.5, 0.6) is 0 Å². The second-order valence-corrected chi connectivity index (χ2v) is 7.92. The van der Waals surface area contributed by atoms with E-state index in [1.54, 1.807) is 6.92 Å². The van der Waals surface area contributed by atoms with Crippen molar-refractivity contribution in [1.29, 1.82) is 0 Å². The molecule has 1 aromatic heterocycles. The van der Waals surface area contributed by atoms with Crippen LogP contribution in [-0.4, -0.2) is 53.5 Å². The smallest absolute Gasteiger partial charge is 0.323 e. The fraction of sp³-hybridized carbons (Fsp3) is 0.520. The zero-order chi connectivity index (χ0) is 22.8. The quantitative estimate of drug-likeness (QED) is 0.474. The van der Waals surface area contributed by atoms with E-state index < -0.39 is 6.04 Å². The predicted molar refractivity (Wildman–Crippen MR) is 122 cm³/mol. The van der Waals surface area contributed by atoms with Crippen LogP contribution in [0.3, 0.4) is 0 Å². The molecule has 0 N–H and O–H groups in total. The van der Waals surface area contributed by atoms with Gasteiger partial charge in [-0.25, -0.2) is 0 Å². The van der Waals surface area contributed by atoms with Crippen LogP contribution in [0.1, 0.15) is 51.2 Å². The van der Waals surface area contributed by atoms with Gasteiger partial charge < -0.3 is 14.1 Å². The van der Waals surface area contributed by atoms with E-state index >= 15 is 0 Å². The van der Waals surface area contributed by atoms with Gasteiger partial charge in [0.15, 0.2) is 0 Å². The molecule has 0 aliphatic carbocycles. The van der Waals surface area contributed by atoms with Crippen LogP contribution in [0.15, 0.2) is 46.9 Å². The topological polar surface area (TPSA) is 63.0 Å². The summed E-state index contributed by atoms with van der Waals surface area (Å²) in [6, 6.07) is 13.5. The van der Waals surface area contributed by atoms with Crippen LogP contribution in [0, 0.1) is 6.92 Å². The Balaban J connectivity index is 2.16. The van der Waals surface area contributed by atoms with E-state index in [1.807, 2.05) is 60.9 Å². The molecule has 2 unspecified atom stereocenters. The Morgan fingerprint density at radius 1 is 1.06 bits per heavy atom. The Hall–Kier alpha value is -2.60. The fourth-order valence-electron chi connectivity index (χ4n) is 3.52. The number of esters is 1. The summed E-state index contributed by atoms with van der Waals surface area (Å²) in [7, 11) is 0. The van der Waals surface area contributed by atoms with Crippen molar-refractivity contribution in [2.75, 3.05) is 19.7 Å². The van der Waals surface area contributed by atoms with E-state index in [4.69, 9.17) is 9.15 Å². The predicted octanol–water partition coefficient (Wildman–Crippen LogP) is 4.21. The van der Waals surface area contributed by atoms with Crippen LogP contribution in [0.2, 0.25) is 0 Å². The summed E-state index contributed by atoms with van der Waals surface area (Å²) in [5.74, 6) is 1.25. The summed E-state index contributed by atoms with van der Waals surface area (Å²) in [6.07, 6.45) is 1.58. The number of hydrogen-bond acceptors (Lipinski definition) is 5. The molecular formula is C25H36N2O4. The Bertz CT molecular complexity index is 818. The lowest BCUT2D eigenvalue weighted by atomic mass is 10.1. The minimum absolute atomic E-state index is 0.0265. The van der Waals surface area contributed by atoms with E-state index in [2.05, 4.69) is 19.1 Å². The van der Waals surface area contributed by atoms with Crippen molar-refractivity contribution in [3.8, 4) is 0 Å². The first-order valence-corrected chi connectivity index (χ1v) is 11.1. The molecule has 1 heterocycles. The number of hydrogen-bond donors (Lipinski definition) is 0. The van der Waals surface area contributed by atoms with Crippen molar-refractivity contribution < 1.29 is 18.7 Å². The van der Waals surface area contributed by atoms with E-state index in [0.717, 1.165) is 24.4 Å². The molecule has 1 aromatic carbocycles. The van der Waals surface area contributed by atoms with Crippen molar-refractivity contribution >= 4 is 11.9 Å². The molecule has 0 radical (unpaired) electrons. The number of carbonyl (C=O) groups is 2. The lowest BCUT2D eigenvalue weighted by Gasteiger charge is -2.34. The number of benzene rings is 1. The van der Waals surface area contributed by atoms with Gasteiger partial charge in [-0.15, -0.1) is 0 Å². The summed E-state index contributed by atoms with van der Waals surface area (Å²) in [5.41, 5.74) is 1.18. The Labute approximate surface area is 186 Å². The van der Waals surface area contributed by atoms with Gasteiger partial charge in [-0.1, -0.05) is 37.3 Å². The highest BCUT2D eigenvalue weighted by Crippen LogP contribution is 2.15. The van der Waals surface area contributed by atoms with Crippen molar-refractivity contribution in [3.63, 3.8) is 0 Å². The molecule has 2 rings (SSSR count). The summed E-state index contributed by atoms with van der Waals surface area (Å²) in [6.45, 7) is 11.0. The van der Waals surface area contributed by atoms with Crippen molar-refractivity contribution in [2.24, 2.45) is 0 Å². The van der Waals surface area contributed by atoms with E-state index in [0.29, 0.717) is 19.7 Å². The molecule has 1 amide bonds. The van der Waals surface area contributed by atoms with Gasteiger partial charge in [-0.3, -0.25) is 14.5 Å². The zero-order valence-corrected chi connectivity index (χ0v) is 19.5. The monoisotopic (exact) mass is 428 g/mol. The van der Waals surface area contributed by atoms with Gasteiger partial charge in [0.05, 0.1) is 19.7 Å². The molecular weight excluding hydrogens is 392 g/mol. The minimum Gasteiger partial charge on any atom is -0.465 e. The maximum Gasteiger partial charge on any atom is 0.323 e. The molecule has 0 saturated heterocycles. The number of amides is 1. The van der Waals surface area contributed by atoms with E-state index in [9.17, 15) is 9.59 Å². The molecule has 0 fully saturated rings. The van der Waals surface area contributed by atoms with Crippen molar-refractivity contribution in [2.45, 2.75) is 66.1 Å². The number of furan rings is 1. The molecule has 0 aliphatic heterocycles. The molecule has 6 heteroatoms. The minimum atomic E-state index is -0.485. The first kappa shape index (κ1) is 24.7. The van der Waals surface area contributed by atoms with Gasteiger partial charge in [-0.05, 0) is 58.2 Å². The second kappa shape index (κ2) is 12.3. The summed E-state index contributed by atoms with van der Waals surface area (Å²) >= 11 is 0. The second-order valence-electron chi connectivity index (χ2n) is 7.92. The van der Waals surface area contributed by atoms with Gasteiger partial charge in [0, 0.05) is 12.6 Å². The molecule has 0 spiro atoms. The summed E-state index contributed by atoms with van der Waals surface area (Å²) in [5, 5.41) is 0. The van der Waals surface area contributed by atoms with Gasteiger partial charge in [0.1, 0.15) is 17.6 Å². The third kappa shape index (κ3) is 7.55. The number of rotatable bonds is 12. The van der Waals surface area contributed by atoms with Crippen LogP contribution in [-0.2, 0) is 27.3 Å². The largest absolute Gasteiger partial charge is 0.465 e. The van der Waals surface area contributed by atoms with Gasteiger partial charge in [0.25, 0.3) is 0 Å². The first-order valence-electron chi connectivity index (χ1n) is 11.1. The molecule has 0 saturated carbocycles. The number of ether oxygens (including phenoxy) is 1. The fourth-order valence-corrected chi connectivity index (χ4v) is 3.52. The van der Waals surface area contributed by atoms with Crippen molar-refractivity contribution in [1.82, 2.24) is 9.80 Å². The zero-order valence-electron chi connectivity index (χ0n) is 19.5. The van der Waals surface area contributed by atoms with Gasteiger partial charge in [0.2, 0.25) is 5.91 Å². The SMILES string of the molecule is CCOC(=O)C(C)N(CC(=O)N(CCc1ccccc1)Cc1ccc(C)o1)C(C)CC. The molecule has 6 nitrogen and oxygen atoms in total. The molecule has 2 atom stereocenters. The standard InChI is InChI=1S/C25H36N2O4/c1-6-19(3)27(21(5)25(29)30-7-2)18-24(28)26(17-23-14-13-20(4)31-23)16-15-22-11-9-8-10-12-22/h8-14,19,21H,6-7,15-18H2,1-5H3. The van der Waals surface area contributed by atoms with Crippen LogP contribution in [0.4, 0.5) is 0 Å². The van der Waals surface area contributed by atoms with Crippen LogP contribution >= 0.6 is 0 Å². The third-order valence-corrected chi connectivity index (χ3v) is 5.61. The van der Waals surface area contributed by atoms with Crippen LogP contribution in [0.25, 0.3) is 0 Å². The summed E-state index contributed by atoms with van der Waals surface area (Å²) < 4.78 is 10.9. The molecule has 170 valence electrons. The normalized spacial score (nSPS) is 13.1. The number of carbonyl (C=O) groups excluding carboxylic acids is 2. The van der Waals surface area contributed by atoms with E-state index in [1.165, 1.54) is 5.56 Å². The molecule has 0 aliphatic rings. The molecule has 0 bridgehead atoms. The van der Waals surface area contributed by atoms with Gasteiger partial charge >= 0.3 is 5.97 Å². The number of nitrogens with zero attached hydrogens (tertiary/aromatic N) is 2. The van der Waals surface area contributed by atoms with Crippen LogP contribution < -0.4 is 0 Å². The average molecular weight is 429 g/mol. The Kier molecular flexibility index (Phi) is 9.79. The van der Waals surface area contributed by atoms with Gasteiger partial charge in [-0.2, -0.15) is 0 Å². The molecule has 31 heavy (non-hydrogen) atoms. The highest BCUT2D eigenvalue weighted by molar-refractivity contribution is 5.80. The lowest BCUT2D eigenvalue weighted by molar-refractivity contribution is -0.151. The lowest BCUT2D eigenvalue weighted by Crippen LogP contribution is -2.50.